The van der Waals surface area contributed by atoms with E-state index < -0.39 is 10.0 Å². The van der Waals surface area contributed by atoms with E-state index in [1.54, 1.807) is 10.9 Å². The first kappa shape index (κ1) is 14.4. The van der Waals surface area contributed by atoms with Crippen LogP contribution in [0.15, 0.2) is 17.3 Å². The average Bonchev–Trinajstić information content (AvgIpc) is 2.86. The van der Waals surface area contributed by atoms with E-state index in [0.717, 1.165) is 6.42 Å². The third-order valence-electron chi connectivity index (χ3n) is 3.11. The number of rotatable bonds is 5. The fraction of sp³-hybridized carbons (Fsp3) is 0.727. The van der Waals surface area contributed by atoms with Gasteiger partial charge in [0.15, 0.2) is 0 Å². The van der Waals surface area contributed by atoms with Crippen LogP contribution >= 0.6 is 0 Å². The number of nitrogens with two attached hydrogens (primary N) is 1. The molecular weight excluding hydrogens is 268 g/mol. The Morgan fingerprint density at radius 3 is 3.05 bits per heavy atom. The lowest BCUT2D eigenvalue weighted by Gasteiger charge is -2.31. The number of hydrogen-bond acceptors (Lipinski definition) is 5. The van der Waals surface area contributed by atoms with E-state index in [1.165, 1.54) is 10.5 Å². The molecule has 1 aromatic rings. The van der Waals surface area contributed by atoms with Gasteiger partial charge in [-0.15, -0.1) is 0 Å². The Labute approximate surface area is 113 Å². The zero-order valence-electron chi connectivity index (χ0n) is 11.0. The van der Waals surface area contributed by atoms with Gasteiger partial charge in [-0.2, -0.15) is 9.40 Å². The number of aryl methyl sites for hydroxylation is 1. The number of ether oxygens (including phenoxy) is 1. The van der Waals surface area contributed by atoms with Gasteiger partial charge in [-0.3, -0.25) is 4.68 Å². The highest BCUT2D eigenvalue weighted by Gasteiger charge is 2.32. The number of nitrogens with zero attached hydrogens (tertiary/aromatic N) is 3. The molecule has 2 N–H and O–H groups in total. The molecule has 0 spiro atoms. The number of hydrogen-bond donors (Lipinski definition) is 1. The molecule has 0 aromatic carbocycles. The molecule has 108 valence electrons. The van der Waals surface area contributed by atoms with Crippen LogP contribution in [0.4, 0.5) is 0 Å². The highest BCUT2D eigenvalue weighted by atomic mass is 32.2. The molecule has 1 aliphatic heterocycles. The second kappa shape index (κ2) is 6.00. The number of aromatic nitrogens is 2. The third-order valence-corrected chi connectivity index (χ3v) is 5.08. The molecule has 1 saturated heterocycles. The number of sulfonamides is 1. The van der Waals surface area contributed by atoms with Gasteiger partial charge in [0.05, 0.1) is 19.4 Å². The van der Waals surface area contributed by atoms with Crippen molar-refractivity contribution in [2.45, 2.75) is 30.8 Å². The van der Waals surface area contributed by atoms with Gasteiger partial charge in [0.2, 0.25) is 10.0 Å². The van der Waals surface area contributed by atoms with E-state index in [9.17, 15) is 8.42 Å². The van der Waals surface area contributed by atoms with Crippen molar-refractivity contribution in [2.24, 2.45) is 5.73 Å². The van der Waals surface area contributed by atoms with Gasteiger partial charge in [0.25, 0.3) is 0 Å². The van der Waals surface area contributed by atoms with Gasteiger partial charge in [-0.05, 0) is 19.9 Å². The maximum absolute atomic E-state index is 12.5. The second-order valence-corrected chi connectivity index (χ2v) is 6.51. The summed E-state index contributed by atoms with van der Waals surface area (Å²) in [6.07, 6.45) is 3.73. The molecule has 0 saturated carbocycles. The van der Waals surface area contributed by atoms with Crippen LogP contribution in [0, 0.1) is 0 Å². The zero-order valence-corrected chi connectivity index (χ0v) is 11.8. The van der Waals surface area contributed by atoms with Crippen LogP contribution in [0.1, 0.15) is 13.3 Å². The fourth-order valence-corrected chi connectivity index (χ4v) is 3.61. The molecule has 2 rings (SSSR count). The van der Waals surface area contributed by atoms with Crippen molar-refractivity contribution >= 4 is 10.0 Å². The maximum atomic E-state index is 12.5. The van der Waals surface area contributed by atoms with Crippen LogP contribution in [0.3, 0.4) is 0 Å². The first-order valence-electron chi connectivity index (χ1n) is 6.38. The molecule has 1 unspecified atom stereocenters. The topological polar surface area (TPSA) is 90.5 Å². The Balaban J connectivity index is 2.16. The lowest BCUT2D eigenvalue weighted by molar-refractivity contribution is 0.0392. The lowest BCUT2D eigenvalue weighted by Crippen LogP contribution is -2.46. The number of morpholine rings is 1. The van der Waals surface area contributed by atoms with Crippen LogP contribution in [0.5, 0.6) is 0 Å². The van der Waals surface area contributed by atoms with E-state index in [0.29, 0.717) is 32.8 Å². The molecule has 8 heteroatoms. The van der Waals surface area contributed by atoms with Crippen LogP contribution in [0.25, 0.3) is 0 Å². The van der Waals surface area contributed by atoms with E-state index in [2.05, 4.69) is 5.10 Å². The Morgan fingerprint density at radius 1 is 1.58 bits per heavy atom. The minimum atomic E-state index is -3.48. The van der Waals surface area contributed by atoms with Crippen molar-refractivity contribution in [3.05, 3.63) is 12.4 Å². The SMILES string of the molecule is CC1COCCN1S(=O)(=O)c1cnn(CCCN)c1. The highest BCUT2D eigenvalue weighted by molar-refractivity contribution is 7.89. The maximum Gasteiger partial charge on any atom is 0.246 e. The molecule has 0 radical (unpaired) electrons. The Bertz CT molecular complexity index is 514. The van der Waals surface area contributed by atoms with E-state index >= 15 is 0 Å². The van der Waals surface area contributed by atoms with Crippen molar-refractivity contribution in [1.82, 2.24) is 14.1 Å². The minimum Gasteiger partial charge on any atom is -0.378 e. The predicted octanol–water partition coefficient (Wildman–Crippen LogP) is -0.359. The van der Waals surface area contributed by atoms with E-state index in [1.807, 2.05) is 6.92 Å². The van der Waals surface area contributed by atoms with Crippen molar-refractivity contribution in [2.75, 3.05) is 26.3 Å². The largest absolute Gasteiger partial charge is 0.378 e. The monoisotopic (exact) mass is 288 g/mol. The molecule has 2 heterocycles. The van der Waals surface area contributed by atoms with E-state index in [-0.39, 0.29) is 10.9 Å². The summed E-state index contributed by atoms with van der Waals surface area (Å²) in [5, 5.41) is 4.06. The molecular formula is C11H20N4O3S. The van der Waals surface area contributed by atoms with Gasteiger partial charge in [0, 0.05) is 25.3 Å². The predicted molar refractivity (Wildman–Crippen MR) is 70.1 cm³/mol. The van der Waals surface area contributed by atoms with Crippen LogP contribution < -0.4 is 5.73 Å². The summed E-state index contributed by atoms with van der Waals surface area (Å²) in [4.78, 5) is 0.235. The Morgan fingerprint density at radius 2 is 2.37 bits per heavy atom. The molecule has 1 aromatic heterocycles. The Hall–Kier alpha value is -0.960. The second-order valence-electron chi connectivity index (χ2n) is 4.62. The molecule has 0 amide bonds. The van der Waals surface area contributed by atoms with Crippen LogP contribution in [-0.4, -0.2) is 54.8 Å². The standard InChI is InChI=1S/C11H20N4O3S/c1-10-9-18-6-5-15(10)19(16,17)11-7-13-14(8-11)4-2-3-12/h7-8,10H,2-6,9,12H2,1H3. The van der Waals surface area contributed by atoms with Crippen molar-refractivity contribution < 1.29 is 13.2 Å². The summed E-state index contributed by atoms with van der Waals surface area (Å²) in [5.41, 5.74) is 5.42. The van der Waals surface area contributed by atoms with Gasteiger partial charge in [0.1, 0.15) is 4.90 Å². The van der Waals surface area contributed by atoms with E-state index in [4.69, 9.17) is 10.5 Å². The summed E-state index contributed by atoms with van der Waals surface area (Å²) >= 11 is 0. The summed E-state index contributed by atoms with van der Waals surface area (Å²) < 4.78 is 33.3. The highest BCUT2D eigenvalue weighted by Crippen LogP contribution is 2.19. The van der Waals surface area contributed by atoms with Crippen molar-refractivity contribution in [1.29, 1.82) is 0 Å². The quantitative estimate of drug-likeness (QED) is 0.799. The zero-order chi connectivity index (χ0) is 13.9. The molecule has 1 fully saturated rings. The summed E-state index contributed by atoms with van der Waals surface area (Å²) in [5.74, 6) is 0. The smallest absolute Gasteiger partial charge is 0.246 e. The van der Waals surface area contributed by atoms with Gasteiger partial charge in [-0.1, -0.05) is 0 Å². The molecule has 7 nitrogen and oxygen atoms in total. The Kier molecular flexibility index (Phi) is 4.56. The first-order valence-corrected chi connectivity index (χ1v) is 7.82. The average molecular weight is 288 g/mol. The van der Waals surface area contributed by atoms with Gasteiger partial charge >= 0.3 is 0 Å². The van der Waals surface area contributed by atoms with Gasteiger partial charge in [-0.25, -0.2) is 8.42 Å². The molecule has 0 aliphatic carbocycles. The summed E-state index contributed by atoms with van der Waals surface area (Å²) in [6.45, 7) is 4.28. The molecule has 0 bridgehead atoms. The summed E-state index contributed by atoms with van der Waals surface area (Å²) in [6, 6.07) is -0.147. The molecule has 1 aliphatic rings. The fourth-order valence-electron chi connectivity index (χ4n) is 2.06. The van der Waals surface area contributed by atoms with Gasteiger partial charge < -0.3 is 10.5 Å². The summed E-state index contributed by atoms with van der Waals surface area (Å²) in [7, 11) is -3.48. The van der Waals surface area contributed by atoms with Crippen molar-refractivity contribution in [3.8, 4) is 0 Å². The lowest BCUT2D eigenvalue weighted by atomic mass is 10.3. The molecule has 19 heavy (non-hydrogen) atoms. The first-order chi connectivity index (χ1) is 9.05. The normalized spacial score (nSPS) is 21.7. The van der Waals surface area contributed by atoms with Crippen LogP contribution in [-0.2, 0) is 21.3 Å². The minimum absolute atomic E-state index is 0.147. The van der Waals surface area contributed by atoms with Crippen molar-refractivity contribution in [3.63, 3.8) is 0 Å². The van der Waals surface area contributed by atoms with Crippen LogP contribution in [0.2, 0.25) is 0 Å². The third kappa shape index (κ3) is 3.14. The molecule has 1 atom stereocenters.